The highest BCUT2D eigenvalue weighted by Crippen LogP contribution is 2.28. The zero-order chi connectivity index (χ0) is 15.6. The molecule has 1 aliphatic heterocycles. The molecule has 112 valence electrons. The van der Waals surface area contributed by atoms with Gasteiger partial charge in [0.05, 0.1) is 5.92 Å². The zero-order valence-electron chi connectivity index (χ0n) is 12.2. The molecule has 21 heavy (non-hydrogen) atoms. The summed E-state index contributed by atoms with van der Waals surface area (Å²) < 4.78 is 0. The van der Waals surface area contributed by atoms with Gasteiger partial charge in [0.2, 0.25) is 11.8 Å². The quantitative estimate of drug-likeness (QED) is 0.849. The number of nitrogens with zero attached hydrogens (tertiary/aromatic N) is 1. The standard InChI is InChI=1S/C15H19N3O3/c1-3-17-15(21)10-4-5-12(9(2)6-10)18-8-11(14(16)20)7-13(18)19/h4-6,11H,3,7-8H2,1-2H3,(H2,16,20)(H,17,21). The number of hydrogen-bond acceptors (Lipinski definition) is 3. The summed E-state index contributed by atoms with van der Waals surface area (Å²) in [6.07, 6.45) is 0.146. The molecule has 0 aromatic heterocycles. The van der Waals surface area contributed by atoms with Gasteiger partial charge in [-0.1, -0.05) is 0 Å². The Kier molecular flexibility index (Phi) is 4.26. The Labute approximate surface area is 123 Å². The summed E-state index contributed by atoms with van der Waals surface area (Å²) in [6, 6.07) is 5.16. The largest absolute Gasteiger partial charge is 0.369 e. The van der Waals surface area contributed by atoms with Gasteiger partial charge >= 0.3 is 0 Å². The van der Waals surface area contributed by atoms with Crippen LogP contribution in [0.25, 0.3) is 0 Å². The van der Waals surface area contributed by atoms with Crippen molar-refractivity contribution < 1.29 is 14.4 Å². The van der Waals surface area contributed by atoms with Crippen LogP contribution in [-0.4, -0.2) is 30.8 Å². The van der Waals surface area contributed by atoms with Crippen LogP contribution in [0.2, 0.25) is 0 Å². The summed E-state index contributed by atoms with van der Waals surface area (Å²) in [7, 11) is 0. The Bertz CT molecular complexity index is 598. The molecule has 1 heterocycles. The first-order chi connectivity index (χ1) is 9.93. The third kappa shape index (κ3) is 3.04. The fraction of sp³-hybridized carbons (Fsp3) is 0.400. The van der Waals surface area contributed by atoms with E-state index in [4.69, 9.17) is 5.73 Å². The number of benzene rings is 1. The second-order valence-corrected chi connectivity index (χ2v) is 5.17. The fourth-order valence-electron chi connectivity index (χ4n) is 2.49. The molecule has 1 aliphatic rings. The van der Waals surface area contributed by atoms with Crippen LogP contribution in [-0.2, 0) is 9.59 Å². The van der Waals surface area contributed by atoms with Gasteiger partial charge in [0.25, 0.3) is 5.91 Å². The fourth-order valence-corrected chi connectivity index (χ4v) is 2.49. The molecule has 1 atom stereocenters. The van der Waals surface area contributed by atoms with Crippen molar-refractivity contribution in [3.63, 3.8) is 0 Å². The van der Waals surface area contributed by atoms with Crippen molar-refractivity contribution in [3.8, 4) is 0 Å². The van der Waals surface area contributed by atoms with E-state index in [1.54, 1.807) is 23.1 Å². The van der Waals surface area contributed by atoms with E-state index in [9.17, 15) is 14.4 Å². The molecule has 3 amide bonds. The van der Waals surface area contributed by atoms with E-state index in [0.717, 1.165) is 11.3 Å². The van der Waals surface area contributed by atoms with Crippen molar-refractivity contribution in [2.24, 2.45) is 11.7 Å². The maximum Gasteiger partial charge on any atom is 0.251 e. The number of amides is 3. The van der Waals surface area contributed by atoms with Crippen molar-refractivity contribution in [1.82, 2.24) is 5.32 Å². The summed E-state index contributed by atoms with van der Waals surface area (Å²) >= 11 is 0. The minimum atomic E-state index is -0.456. The second kappa shape index (κ2) is 5.95. The van der Waals surface area contributed by atoms with E-state index in [-0.39, 0.29) is 18.2 Å². The first-order valence-corrected chi connectivity index (χ1v) is 6.92. The molecule has 0 radical (unpaired) electrons. The number of nitrogens with two attached hydrogens (primary N) is 1. The first kappa shape index (κ1) is 15.0. The highest BCUT2D eigenvalue weighted by Gasteiger charge is 2.34. The molecule has 2 rings (SSSR count). The van der Waals surface area contributed by atoms with Crippen LogP contribution in [0.5, 0.6) is 0 Å². The minimum Gasteiger partial charge on any atom is -0.369 e. The molecule has 6 heteroatoms. The van der Waals surface area contributed by atoms with Gasteiger partial charge in [-0.2, -0.15) is 0 Å². The van der Waals surface area contributed by atoms with Gasteiger partial charge in [-0.25, -0.2) is 0 Å². The van der Waals surface area contributed by atoms with Crippen LogP contribution in [0.3, 0.4) is 0 Å². The lowest BCUT2D eigenvalue weighted by Crippen LogP contribution is -2.29. The molecule has 1 aromatic rings. The van der Waals surface area contributed by atoms with Crippen LogP contribution in [0.1, 0.15) is 29.3 Å². The third-order valence-electron chi connectivity index (χ3n) is 3.61. The van der Waals surface area contributed by atoms with Gasteiger partial charge in [0, 0.05) is 30.8 Å². The van der Waals surface area contributed by atoms with Crippen LogP contribution < -0.4 is 16.0 Å². The first-order valence-electron chi connectivity index (χ1n) is 6.92. The smallest absolute Gasteiger partial charge is 0.251 e. The molecule has 6 nitrogen and oxygen atoms in total. The Balaban J connectivity index is 2.24. The number of carbonyl (C=O) groups excluding carboxylic acids is 3. The molecular formula is C15H19N3O3. The molecule has 3 N–H and O–H groups in total. The van der Waals surface area contributed by atoms with Crippen molar-refractivity contribution >= 4 is 23.4 Å². The summed E-state index contributed by atoms with van der Waals surface area (Å²) in [6.45, 7) is 4.55. The summed E-state index contributed by atoms with van der Waals surface area (Å²) in [5.41, 5.74) is 7.35. The van der Waals surface area contributed by atoms with Crippen LogP contribution in [0.15, 0.2) is 18.2 Å². The summed E-state index contributed by atoms with van der Waals surface area (Å²) in [5.74, 6) is -1.16. The minimum absolute atomic E-state index is 0.118. The van der Waals surface area contributed by atoms with E-state index in [1.807, 2.05) is 13.8 Å². The van der Waals surface area contributed by atoms with Crippen LogP contribution in [0, 0.1) is 12.8 Å². The number of hydrogen-bond donors (Lipinski definition) is 2. The average molecular weight is 289 g/mol. The molecule has 1 saturated heterocycles. The molecule has 1 fully saturated rings. The Morgan fingerprint density at radius 1 is 1.43 bits per heavy atom. The average Bonchev–Trinajstić information content (AvgIpc) is 2.81. The third-order valence-corrected chi connectivity index (χ3v) is 3.61. The van der Waals surface area contributed by atoms with Crippen LogP contribution >= 0.6 is 0 Å². The van der Waals surface area contributed by atoms with Gasteiger partial charge in [0.15, 0.2) is 0 Å². The number of carbonyl (C=O) groups is 3. The van der Waals surface area contributed by atoms with Gasteiger partial charge in [0.1, 0.15) is 0 Å². The topological polar surface area (TPSA) is 92.5 Å². The lowest BCUT2D eigenvalue weighted by molar-refractivity contribution is -0.123. The lowest BCUT2D eigenvalue weighted by Gasteiger charge is -2.19. The van der Waals surface area contributed by atoms with Crippen molar-refractivity contribution in [2.75, 3.05) is 18.0 Å². The molecule has 1 aromatic carbocycles. The van der Waals surface area contributed by atoms with E-state index in [0.29, 0.717) is 18.7 Å². The molecule has 0 saturated carbocycles. The van der Waals surface area contributed by atoms with Crippen molar-refractivity contribution in [3.05, 3.63) is 29.3 Å². The van der Waals surface area contributed by atoms with E-state index in [1.165, 1.54) is 0 Å². The molecule has 0 bridgehead atoms. The Morgan fingerprint density at radius 2 is 2.14 bits per heavy atom. The SMILES string of the molecule is CCNC(=O)c1ccc(N2CC(C(N)=O)CC2=O)c(C)c1. The molecule has 1 unspecified atom stereocenters. The van der Waals surface area contributed by atoms with Gasteiger partial charge < -0.3 is 16.0 Å². The number of rotatable bonds is 4. The second-order valence-electron chi connectivity index (χ2n) is 5.17. The number of anilines is 1. The van der Waals surface area contributed by atoms with Gasteiger partial charge in [-0.3, -0.25) is 14.4 Å². The number of primary amides is 1. The highest BCUT2D eigenvalue weighted by molar-refractivity contribution is 6.01. The molecule has 0 spiro atoms. The predicted octanol–water partition coefficient (Wildman–Crippen LogP) is 0.583. The predicted molar refractivity (Wildman–Crippen MR) is 78.8 cm³/mol. The van der Waals surface area contributed by atoms with Gasteiger partial charge in [-0.05, 0) is 37.6 Å². The normalized spacial score (nSPS) is 17.9. The maximum atomic E-state index is 12.0. The summed E-state index contributed by atoms with van der Waals surface area (Å²) in [4.78, 5) is 36.6. The number of aryl methyl sites for hydroxylation is 1. The summed E-state index contributed by atoms with van der Waals surface area (Å²) in [5, 5.41) is 2.73. The molecule has 0 aliphatic carbocycles. The van der Waals surface area contributed by atoms with E-state index >= 15 is 0 Å². The lowest BCUT2D eigenvalue weighted by atomic mass is 10.1. The monoisotopic (exact) mass is 289 g/mol. The van der Waals surface area contributed by atoms with E-state index in [2.05, 4.69) is 5.32 Å². The maximum absolute atomic E-state index is 12.0. The van der Waals surface area contributed by atoms with Crippen molar-refractivity contribution in [2.45, 2.75) is 20.3 Å². The molecular weight excluding hydrogens is 270 g/mol. The Hall–Kier alpha value is -2.37. The Morgan fingerprint density at radius 3 is 2.67 bits per heavy atom. The van der Waals surface area contributed by atoms with Crippen molar-refractivity contribution in [1.29, 1.82) is 0 Å². The van der Waals surface area contributed by atoms with Crippen LogP contribution in [0.4, 0.5) is 5.69 Å². The number of nitrogens with one attached hydrogen (secondary N) is 1. The van der Waals surface area contributed by atoms with Gasteiger partial charge in [-0.15, -0.1) is 0 Å². The highest BCUT2D eigenvalue weighted by atomic mass is 16.2. The van der Waals surface area contributed by atoms with E-state index < -0.39 is 11.8 Å². The zero-order valence-corrected chi connectivity index (χ0v) is 12.2.